The fraction of sp³-hybridized carbons (Fsp3) is 0.908. The predicted molar refractivity (Wildman–Crippen MR) is 310 cm³/mol. The van der Waals surface area contributed by atoms with Crippen molar-refractivity contribution in [3.8, 4) is 0 Å². The Hall–Kier alpha value is -1.66. The van der Waals surface area contributed by atoms with E-state index in [1.807, 2.05) is 0 Å². The van der Waals surface area contributed by atoms with Gasteiger partial charge in [0, 0.05) is 12.8 Å². The summed E-state index contributed by atoms with van der Waals surface area (Å²) in [6, 6.07) is -0.547. The van der Waals surface area contributed by atoms with E-state index in [9.17, 15) is 19.8 Å². The highest BCUT2D eigenvalue weighted by Gasteiger charge is 2.20. The summed E-state index contributed by atoms with van der Waals surface area (Å²) in [5.74, 6) is -0.0447. The van der Waals surface area contributed by atoms with Gasteiger partial charge in [0.2, 0.25) is 5.91 Å². The molecule has 0 aromatic rings. The Bertz CT molecular complexity index is 1110. The molecule has 0 saturated carbocycles. The first-order valence-electron chi connectivity index (χ1n) is 32.1. The van der Waals surface area contributed by atoms with Crippen molar-refractivity contribution in [2.24, 2.45) is 0 Å². The summed E-state index contributed by atoms with van der Waals surface area (Å²) >= 11 is 0. The molecule has 0 aliphatic carbocycles. The first kappa shape index (κ1) is 69.3. The smallest absolute Gasteiger partial charge is 0.305 e. The number of rotatable bonds is 60. The summed E-state index contributed by atoms with van der Waals surface area (Å²) in [6.07, 6.45) is 74.7. The minimum atomic E-state index is -0.669. The minimum absolute atomic E-state index is 0.00773. The number of carbonyl (C=O) groups excluding carboxylic acids is 2. The summed E-state index contributed by atoms with van der Waals surface area (Å²) in [7, 11) is 0. The van der Waals surface area contributed by atoms with Crippen LogP contribution in [0.4, 0.5) is 0 Å². The monoisotopic (exact) mass is 1000 g/mol. The summed E-state index contributed by atoms with van der Waals surface area (Å²) in [6.45, 7) is 4.94. The number of hydrogen-bond acceptors (Lipinski definition) is 5. The lowest BCUT2D eigenvalue weighted by Gasteiger charge is -2.22. The second kappa shape index (κ2) is 60.9. The van der Waals surface area contributed by atoms with Crippen LogP contribution in [0, 0.1) is 0 Å². The fourth-order valence-corrected chi connectivity index (χ4v) is 10.1. The van der Waals surface area contributed by atoms with Crippen LogP contribution in [0.2, 0.25) is 0 Å². The van der Waals surface area contributed by atoms with Crippen LogP contribution in [0.25, 0.3) is 0 Å². The molecule has 2 unspecified atom stereocenters. The molecule has 0 spiro atoms. The van der Waals surface area contributed by atoms with E-state index in [0.717, 1.165) is 51.4 Å². The van der Waals surface area contributed by atoms with E-state index in [1.165, 1.54) is 270 Å². The zero-order chi connectivity index (χ0) is 51.4. The number of aliphatic hydroxyl groups is 2. The molecule has 6 heteroatoms. The topological polar surface area (TPSA) is 95.9 Å². The molecule has 420 valence electrons. The van der Waals surface area contributed by atoms with E-state index in [0.29, 0.717) is 25.9 Å². The van der Waals surface area contributed by atoms with Crippen molar-refractivity contribution in [1.29, 1.82) is 0 Å². The number of unbranched alkanes of at least 4 members (excludes halogenated alkanes) is 45. The molecule has 0 fully saturated rings. The molecule has 0 aliphatic rings. The molecule has 0 radical (unpaired) electrons. The molecule has 0 aliphatic heterocycles. The van der Waals surface area contributed by atoms with Crippen molar-refractivity contribution in [3.63, 3.8) is 0 Å². The maximum absolute atomic E-state index is 12.5. The maximum atomic E-state index is 12.5. The lowest BCUT2D eigenvalue weighted by Crippen LogP contribution is -2.45. The van der Waals surface area contributed by atoms with Crippen molar-refractivity contribution in [2.45, 2.75) is 366 Å². The Morgan fingerprint density at radius 2 is 0.704 bits per heavy atom. The average Bonchev–Trinajstić information content (AvgIpc) is 3.37. The van der Waals surface area contributed by atoms with Gasteiger partial charge in [0.15, 0.2) is 0 Å². The van der Waals surface area contributed by atoms with Gasteiger partial charge in [0.05, 0.1) is 25.4 Å². The summed E-state index contributed by atoms with van der Waals surface area (Å²) in [4.78, 5) is 24.6. The molecule has 0 heterocycles. The zero-order valence-corrected chi connectivity index (χ0v) is 48.0. The molecule has 71 heavy (non-hydrogen) atoms. The molecular weight excluding hydrogens is 875 g/mol. The van der Waals surface area contributed by atoms with E-state index in [2.05, 4.69) is 43.5 Å². The van der Waals surface area contributed by atoms with Crippen LogP contribution in [-0.4, -0.2) is 47.4 Å². The first-order valence-corrected chi connectivity index (χ1v) is 32.1. The maximum Gasteiger partial charge on any atom is 0.305 e. The average molecular weight is 1000 g/mol. The largest absolute Gasteiger partial charge is 0.466 e. The molecule has 0 saturated heterocycles. The Balaban J connectivity index is 3.42. The van der Waals surface area contributed by atoms with E-state index in [4.69, 9.17) is 4.74 Å². The number of allylic oxidation sites excluding steroid dienone is 4. The van der Waals surface area contributed by atoms with Crippen LogP contribution >= 0.6 is 0 Å². The predicted octanol–water partition coefficient (Wildman–Crippen LogP) is 20.2. The number of ether oxygens (including phenoxy) is 1. The van der Waals surface area contributed by atoms with Gasteiger partial charge in [-0.25, -0.2) is 0 Å². The number of hydrogen-bond donors (Lipinski definition) is 3. The van der Waals surface area contributed by atoms with Gasteiger partial charge < -0.3 is 20.3 Å². The van der Waals surface area contributed by atoms with Crippen molar-refractivity contribution in [1.82, 2.24) is 5.32 Å². The van der Waals surface area contributed by atoms with Gasteiger partial charge in [-0.15, -0.1) is 0 Å². The van der Waals surface area contributed by atoms with Crippen molar-refractivity contribution in [3.05, 3.63) is 24.3 Å². The molecule has 0 bridgehead atoms. The second-order valence-electron chi connectivity index (χ2n) is 22.1. The first-order chi connectivity index (χ1) is 35.0. The van der Waals surface area contributed by atoms with Gasteiger partial charge in [-0.3, -0.25) is 9.59 Å². The number of nitrogens with one attached hydrogen (secondary N) is 1. The number of carbonyl (C=O) groups is 2. The van der Waals surface area contributed by atoms with Crippen LogP contribution < -0.4 is 5.32 Å². The number of aliphatic hydroxyl groups excluding tert-OH is 2. The number of amides is 1. The van der Waals surface area contributed by atoms with Gasteiger partial charge >= 0.3 is 5.97 Å². The normalized spacial score (nSPS) is 12.7. The molecule has 1 amide bonds. The third-order valence-corrected chi connectivity index (χ3v) is 15.0. The van der Waals surface area contributed by atoms with Crippen molar-refractivity contribution in [2.75, 3.05) is 13.2 Å². The van der Waals surface area contributed by atoms with E-state index < -0.39 is 12.1 Å². The lowest BCUT2D eigenvalue weighted by molar-refractivity contribution is -0.143. The highest BCUT2D eigenvalue weighted by Crippen LogP contribution is 2.18. The molecule has 0 aromatic heterocycles. The van der Waals surface area contributed by atoms with Crippen molar-refractivity contribution < 1.29 is 24.5 Å². The zero-order valence-electron chi connectivity index (χ0n) is 48.0. The fourth-order valence-electron chi connectivity index (χ4n) is 10.1. The molecule has 0 rings (SSSR count). The van der Waals surface area contributed by atoms with Gasteiger partial charge in [-0.2, -0.15) is 0 Å². The summed E-state index contributed by atoms with van der Waals surface area (Å²) in [5.41, 5.74) is 0. The third-order valence-electron chi connectivity index (χ3n) is 15.0. The Labute approximate surface area is 443 Å². The quantitative estimate of drug-likeness (QED) is 0.0320. The number of esters is 1. The van der Waals surface area contributed by atoms with Gasteiger partial charge in [-0.05, 0) is 57.8 Å². The summed E-state index contributed by atoms with van der Waals surface area (Å²) < 4.78 is 5.48. The van der Waals surface area contributed by atoms with Gasteiger partial charge in [0.25, 0.3) is 0 Å². The Morgan fingerprint density at radius 1 is 0.394 bits per heavy atom. The highest BCUT2D eigenvalue weighted by molar-refractivity contribution is 5.76. The van der Waals surface area contributed by atoms with E-state index in [1.54, 1.807) is 0 Å². The van der Waals surface area contributed by atoms with Crippen LogP contribution in [0.1, 0.15) is 354 Å². The van der Waals surface area contributed by atoms with Crippen LogP contribution in [-0.2, 0) is 14.3 Å². The Morgan fingerprint density at radius 3 is 1.10 bits per heavy atom. The Kier molecular flexibility index (Phi) is 59.5. The minimum Gasteiger partial charge on any atom is -0.466 e. The standard InChI is InChI=1S/C65H125NO5/c1-3-5-7-9-11-13-15-17-19-20-21-22-23-24-26-30-33-37-41-45-49-53-57-63(68)62(61-67)66-64(69)58-54-50-46-42-38-34-31-27-25-28-32-36-40-44-48-52-56-60-71-65(70)59-55-51-47-43-39-35-29-18-16-14-12-10-8-6-4-2/h12,14,18,29,62-63,67-68H,3-11,13,15-17,19-28,30-61H2,1-2H3,(H,66,69)/b14-12-,29-18-. The third kappa shape index (κ3) is 57.5. The lowest BCUT2D eigenvalue weighted by atomic mass is 10.0. The van der Waals surface area contributed by atoms with Gasteiger partial charge in [-0.1, -0.05) is 308 Å². The van der Waals surface area contributed by atoms with Crippen molar-refractivity contribution >= 4 is 11.9 Å². The van der Waals surface area contributed by atoms with Gasteiger partial charge in [0.1, 0.15) is 0 Å². The van der Waals surface area contributed by atoms with Crippen LogP contribution in [0.3, 0.4) is 0 Å². The molecule has 2 atom stereocenters. The molecule has 3 N–H and O–H groups in total. The molecule has 6 nitrogen and oxygen atoms in total. The van der Waals surface area contributed by atoms with E-state index in [-0.39, 0.29) is 18.5 Å². The highest BCUT2D eigenvalue weighted by atomic mass is 16.5. The van der Waals surface area contributed by atoms with Crippen LogP contribution in [0.15, 0.2) is 24.3 Å². The molecule has 0 aromatic carbocycles. The van der Waals surface area contributed by atoms with E-state index >= 15 is 0 Å². The summed E-state index contributed by atoms with van der Waals surface area (Å²) in [5, 5.41) is 23.4. The SMILES string of the molecule is CCCCC/C=C\C/C=C\CCCCCCCC(=O)OCCCCCCCCCCCCCCCCCCCC(=O)NC(CO)C(O)CCCCCCCCCCCCCCCCCCCCCCCC. The molecular formula is C65H125NO5. The van der Waals surface area contributed by atoms with Crippen LogP contribution in [0.5, 0.6) is 0 Å². The second-order valence-corrected chi connectivity index (χ2v) is 22.1.